The third kappa shape index (κ3) is 5.06. The molecule has 0 aliphatic rings. The highest BCUT2D eigenvalue weighted by atomic mass is 32.2. The molecule has 0 spiro atoms. The summed E-state index contributed by atoms with van der Waals surface area (Å²) in [5.41, 5.74) is 5.69. The number of amides is 1. The summed E-state index contributed by atoms with van der Waals surface area (Å²) in [6.45, 7) is 7.69. The van der Waals surface area contributed by atoms with Crippen molar-refractivity contribution in [1.29, 1.82) is 0 Å². The van der Waals surface area contributed by atoms with Gasteiger partial charge in [-0.1, -0.05) is 13.8 Å². The highest BCUT2D eigenvalue weighted by molar-refractivity contribution is 7.89. The lowest BCUT2D eigenvalue weighted by Gasteiger charge is -2.15. The Morgan fingerprint density at radius 2 is 1.95 bits per heavy atom. The van der Waals surface area contributed by atoms with E-state index < -0.39 is 16.1 Å². The second-order valence-electron chi connectivity index (χ2n) is 5.24. The predicted octanol–water partition coefficient (Wildman–Crippen LogP) is 0.743. The monoisotopic (exact) mass is 333 g/mol. The minimum Gasteiger partial charge on any atom is -0.353 e. The molecular formula is C13H23N3O3S2. The quantitative estimate of drug-likeness (QED) is 0.641. The summed E-state index contributed by atoms with van der Waals surface area (Å²) in [7, 11) is -3.53. The number of carbonyl (C=O) groups excluding carboxylic acids is 1. The average Bonchev–Trinajstić information content (AvgIpc) is 2.73. The molecular weight excluding hydrogens is 310 g/mol. The molecule has 0 radical (unpaired) electrons. The van der Waals surface area contributed by atoms with Gasteiger partial charge in [-0.3, -0.25) is 4.79 Å². The number of rotatable bonds is 7. The molecule has 0 saturated heterocycles. The number of hydrogen-bond acceptors (Lipinski definition) is 5. The van der Waals surface area contributed by atoms with Crippen LogP contribution < -0.4 is 15.8 Å². The van der Waals surface area contributed by atoms with E-state index in [-0.39, 0.29) is 24.9 Å². The summed E-state index contributed by atoms with van der Waals surface area (Å²) in [4.78, 5) is 13.6. The van der Waals surface area contributed by atoms with E-state index in [0.717, 1.165) is 9.75 Å². The predicted molar refractivity (Wildman–Crippen MR) is 84.8 cm³/mol. The Morgan fingerprint density at radius 3 is 2.43 bits per heavy atom. The third-order valence-electron chi connectivity index (χ3n) is 3.02. The zero-order valence-electron chi connectivity index (χ0n) is 12.8. The lowest BCUT2D eigenvalue weighted by Crippen LogP contribution is -2.46. The van der Waals surface area contributed by atoms with Crippen LogP contribution in [0, 0.1) is 19.8 Å². The fourth-order valence-corrected chi connectivity index (χ4v) is 4.33. The zero-order valence-corrected chi connectivity index (χ0v) is 14.4. The normalized spacial score (nSPS) is 13.4. The van der Waals surface area contributed by atoms with E-state index in [1.54, 1.807) is 13.0 Å². The highest BCUT2D eigenvalue weighted by Crippen LogP contribution is 2.24. The van der Waals surface area contributed by atoms with Gasteiger partial charge in [0.05, 0.1) is 10.9 Å². The molecule has 120 valence electrons. The van der Waals surface area contributed by atoms with Crippen LogP contribution in [0.25, 0.3) is 0 Å². The average molecular weight is 333 g/mol. The molecule has 1 rings (SSSR count). The second kappa shape index (κ2) is 7.35. The van der Waals surface area contributed by atoms with Crippen molar-refractivity contribution in [2.75, 3.05) is 13.1 Å². The summed E-state index contributed by atoms with van der Waals surface area (Å²) in [6.07, 6.45) is 0. The Balaban J connectivity index is 2.49. The number of hydrogen-bond donors (Lipinski definition) is 3. The third-order valence-corrected chi connectivity index (χ3v) is 5.70. The first-order chi connectivity index (χ1) is 9.65. The van der Waals surface area contributed by atoms with Crippen LogP contribution >= 0.6 is 11.3 Å². The van der Waals surface area contributed by atoms with Gasteiger partial charge in [0.15, 0.2) is 0 Å². The van der Waals surface area contributed by atoms with Crippen molar-refractivity contribution in [3.8, 4) is 0 Å². The largest absolute Gasteiger partial charge is 0.353 e. The van der Waals surface area contributed by atoms with E-state index in [4.69, 9.17) is 5.73 Å². The van der Waals surface area contributed by atoms with Gasteiger partial charge in [0, 0.05) is 22.8 Å². The second-order valence-corrected chi connectivity index (χ2v) is 8.43. The number of nitrogens with one attached hydrogen (secondary N) is 2. The Labute approximate surface area is 130 Å². The van der Waals surface area contributed by atoms with Crippen LogP contribution in [0.4, 0.5) is 0 Å². The molecule has 0 unspecified atom stereocenters. The van der Waals surface area contributed by atoms with Crippen LogP contribution in [0.15, 0.2) is 11.0 Å². The maximum absolute atomic E-state index is 12.1. The molecule has 8 heteroatoms. The SMILES string of the molecule is Cc1cc(S(=O)(=O)NCCNC(=O)[C@@H](N)C(C)C)c(C)s1. The summed E-state index contributed by atoms with van der Waals surface area (Å²) in [5, 5.41) is 2.62. The summed E-state index contributed by atoms with van der Waals surface area (Å²) in [6, 6.07) is 1.07. The van der Waals surface area contributed by atoms with Gasteiger partial charge in [0.1, 0.15) is 0 Å². The molecule has 6 nitrogen and oxygen atoms in total. The van der Waals surface area contributed by atoms with E-state index in [2.05, 4.69) is 10.0 Å². The topological polar surface area (TPSA) is 101 Å². The van der Waals surface area contributed by atoms with Crippen molar-refractivity contribution in [3.63, 3.8) is 0 Å². The Bertz CT molecular complexity index is 594. The van der Waals surface area contributed by atoms with Crippen molar-refractivity contribution < 1.29 is 13.2 Å². The van der Waals surface area contributed by atoms with Gasteiger partial charge in [-0.05, 0) is 25.8 Å². The van der Waals surface area contributed by atoms with Gasteiger partial charge in [0.2, 0.25) is 15.9 Å². The van der Waals surface area contributed by atoms with E-state index in [1.165, 1.54) is 11.3 Å². The van der Waals surface area contributed by atoms with Crippen molar-refractivity contribution in [3.05, 3.63) is 15.8 Å². The highest BCUT2D eigenvalue weighted by Gasteiger charge is 2.19. The van der Waals surface area contributed by atoms with E-state index in [0.29, 0.717) is 4.90 Å². The molecule has 4 N–H and O–H groups in total. The lowest BCUT2D eigenvalue weighted by atomic mass is 10.1. The first-order valence-electron chi connectivity index (χ1n) is 6.75. The fourth-order valence-electron chi connectivity index (χ4n) is 1.74. The molecule has 0 saturated carbocycles. The first kappa shape index (κ1) is 18.1. The molecule has 0 fully saturated rings. The van der Waals surface area contributed by atoms with Gasteiger partial charge >= 0.3 is 0 Å². The lowest BCUT2D eigenvalue weighted by molar-refractivity contribution is -0.123. The summed E-state index contributed by atoms with van der Waals surface area (Å²) < 4.78 is 26.7. The molecule has 21 heavy (non-hydrogen) atoms. The van der Waals surface area contributed by atoms with Crippen LogP contribution in [-0.4, -0.2) is 33.5 Å². The van der Waals surface area contributed by atoms with Crippen LogP contribution in [-0.2, 0) is 14.8 Å². The molecule has 0 bridgehead atoms. The van der Waals surface area contributed by atoms with Gasteiger partial charge in [-0.2, -0.15) is 0 Å². The summed E-state index contributed by atoms with van der Waals surface area (Å²) >= 11 is 1.44. The van der Waals surface area contributed by atoms with Crippen LogP contribution in [0.3, 0.4) is 0 Å². The van der Waals surface area contributed by atoms with Gasteiger partial charge in [-0.25, -0.2) is 13.1 Å². The first-order valence-corrected chi connectivity index (χ1v) is 9.05. The Morgan fingerprint density at radius 1 is 1.33 bits per heavy atom. The fraction of sp³-hybridized carbons (Fsp3) is 0.615. The molecule has 1 amide bonds. The Kier molecular flexibility index (Phi) is 6.33. The summed E-state index contributed by atoms with van der Waals surface area (Å²) in [5.74, 6) is -0.232. The van der Waals surface area contributed by atoms with E-state index in [1.807, 2.05) is 20.8 Å². The molecule has 1 atom stereocenters. The van der Waals surface area contributed by atoms with Gasteiger partial charge < -0.3 is 11.1 Å². The minimum absolute atomic E-state index is 0.0399. The van der Waals surface area contributed by atoms with Crippen molar-refractivity contribution in [2.45, 2.75) is 38.6 Å². The molecule has 0 aromatic carbocycles. The number of carbonyl (C=O) groups is 1. The maximum atomic E-state index is 12.1. The molecule has 0 aliphatic carbocycles. The van der Waals surface area contributed by atoms with Gasteiger partial charge in [0.25, 0.3) is 0 Å². The van der Waals surface area contributed by atoms with Crippen LogP contribution in [0.5, 0.6) is 0 Å². The standard InChI is InChI=1S/C13H23N3O3S2/c1-8(2)12(14)13(17)15-5-6-16-21(18,19)11-7-9(3)20-10(11)4/h7-8,12,16H,5-6,14H2,1-4H3,(H,15,17)/t12-/m0/s1. The van der Waals surface area contributed by atoms with E-state index in [9.17, 15) is 13.2 Å². The van der Waals surface area contributed by atoms with Crippen molar-refractivity contribution in [2.24, 2.45) is 11.7 Å². The molecule has 0 aliphatic heterocycles. The van der Waals surface area contributed by atoms with Crippen molar-refractivity contribution >= 4 is 27.3 Å². The number of sulfonamides is 1. The number of thiophene rings is 1. The number of nitrogens with two attached hydrogens (primary N) is 1. The van der Waals surface area contributed by atoms with E-state index >= 15 is 0 Å². The molecule has 1 aromatic heterocycles. The molecule has 1 heterocycles. The van der Waals surface area contributed by atoms with Crippen LogP contribution in [0.2, 0.25) is 0 Å². The van der Waals surface area contributed by atoms with Crippen LogP contribution in [0.1, 0.15) is 23.6 Å². The van der Waals surface area contributed by atoms with Gasteiger partial charge in [-0.15, -0.1) is 11.3 Å². The number of aryl methyl sites for hydroxylation is 2. The Hall–Kier alpha value is -0.960. The molecule has 1 aromatic rings. The minimum atomic E-state index is -3.53. The smallest absolute Gasteiger partial charge is 0.241 e. The zero-order chi connectivity index (χ0) is 16.2. The maximum Gasteiger partial charge on any atom is 0.241 e. The van der Waals surface area contributed by atoms with Crippen molar-refractivity contribution in [1.82, 2.24) is 10.0 Å².